The number of rotatable bonds is 7. The number of carbonyl (C=O) groups is 1. The van der Waals surface area contributed by atoms with Crippen molar-refractivity contribution in [1.29, 1.82) is 5.26 Å². The lowest BCUT2D eigenvalue weighted by atomic mass is 10.1. The van der Waals surface area contributed by atoms with Crippen molar-refractivity contribution in [2.24, 2.45) is 0 Å². The van der Waals surface area contributed by atoms with Crippen LogP contribution in [0.4, 0.5) is 0 Å². The summed E-state index contributed by atoms with van der Waals surface area (Å²) in [5.41, 5.74) is 2.11. The van der Waals surface area contributed by atoms with Crippen LogP contribution in [0.15, 0.2) is 36.5 Å². The predicted molar refractivity (Wildman–Crippen MR) is 113 cm³/mol. The van der Waals surface area contributed by atoms with Gasteiger partial charge in [-0.1, -0.05) is 0 Å². The molecule has 2 aromatic heterocycles. The van der Waals surface area contributed by atoms with Gasteiger partial charge in [-0.2, -0.15) is 10.4 Å². The molecule has 1 N–H and O–H groups in total. The normalized spacial score (nSPS) is 13.1. The van der Waals surface area contributed by atoms with Gasteiger partial charge in [-0.15, -0.1) is 0 Å². The Balaban J connectivity index is 1.42. The smallest absolute Gasteiger partial charge is 0.272 e. The first-order chi connectivity index (χ1) is 15.6. The van der Waals surface area contributed by atoms with Crippen molar-refractivity contribution in [2.75, 3.05) is 34.4 Å². The molecule has 0 bridgehead atoms. The fraction of sp³-hybridized carbons (Fsp3) is 0.273. The van der Waals surface area contributed by atoms with Crippen molar-refractivity contribution in [3.63, 3.8) is 0 Å². The zero-order valence-electron chi connectivity index (χ0n) is 17.8. The van der Waals surface area contributed by atoms with E-state index in [1.165, 1.54) is 27.5 Å². The maximum Gasteiger partial charge on any atom is 0.272 e. The monoisotopic (exact) mass is 435 g/mol. The number of carbonyl (C=O) groups excluding carboxylic acids is 1. The highest BCUT2D eigenvalue weighted by atomic mass is 16.5. The number of nitriles is 1. The van der Waals surface area contributed by atoms with E-state index in [0.29, 0.717) is 58.7 Å². The molecule has 1 aliphatic rings. The molecule has 4 rings (SSSR count). The minimum Gasteiger partial charge on any atom is -0.493 e. The second-order valence-corrected chi connectivity index (χ2v) is 7.03. The summed E-state index contributed by atoms with van der Waals surface area (Å²) in [6.07, 6.45) is 1.29. The number of ether oxygens (including phenoxy) is 4. The van der Waals surface area contributed by atoms with Crippen molar-refractivity contribution >= 4 is 5.91 Å². The first-order valence-electron chi connectivity index (χ1n) is 9.74. The molecule has 1 amide bonds. The van der Waals surface area contributed by atoms with Crippen LogP contribution >= 0.6 is 0 Å². The Labute approximate surface area is 184 Å². The molecule has 1 saturated heterocycles. The number of H-pyrrole nitrogens is 1. The third kappa shape index (κ3) is 4.00. The van der Waals surface area contributed by atoms with E-state index in [1.54, 1.807) is 35.2 Å². The summed E-state index contributed by atoms with van der Waals surface area (Å²) in [5, 5.41) is 15.9. The number of nitrogens with one attached hydrogen (secondary N) is 1. The van der Waals surface area contributed by atoms with E-state index >= 15 is 0 Å². The number of amides is 1. The Morgan fingerprint density at radius 1 is 1.12 bits per heavy atom. The average molecular weight is 435 g/mol. The Morgan fingerprint density at radius 3 is 2.41 bits per heavy atom. The summed E-state index contributed by atoms with van der Waals surface area (Å²) in [5.74, 6) is 1.72. The quantitative estimate of drug-likeness (QED) is 0.600. The van der Waals surface area contributed by atoms with E-state index in [9.17, 15) is 4.79 Å². The summed E-state index contributed by atoms with van der Waals surface area (Å²) in [6, 6.07) is 10.5. The van der Waals surface area contributed by atoms with Crippen LogP contribution in [0.1, 0.15) is 16.1 Å². The van der Waals surface area contributed by atoms with Crippen LogP contribution in [0.2, 0.25) is 0 Å². The van der Waals surface area contributed by atoms with Crippen LogP contribution in [0.5, 0.6) is 23.1 Å². The van der Waals surface area contributed by atoms with E-state index in [4.69, 9.17) is 24.2 Å². The first-order valence-corrected chi connectivity index (χ1v) is 9.74. The first kappa shape index (κ1) is 21.0. The molecule has 164 valence electrons. The molecule has 1 aromatic carbocycles. The molecule has 32 heavy (non-hydrogen) atoms. The molecule has 1 aliphatic heterocycles. The Morgan fingerprint density at radius 2 is 1.84 bits per heavy atom. The molecule has 0 saturated carbocycles. The SMILES string of the molecule is COc1cc(-c2cc(C(=O)N3CC(Oc4ccc(C#N)cn4)C3)[nH]n2)cc(OC)c1OC. The third-order valence-corrected chi connectivity index (χ3v) is 5.06. The molecule has 0 spiro atoms. The summed E-state index contributed by atoms with van der Waals surface area (Å²) in [6.45, 7) is 0.859. The Kier molecular flexibility index (Phi) is 5.81. The van der Waals surface area contributed by atoms with Gasteiger partial charge < -0.3 is 23.8 Å². The van der Waals surface area contributed by atoms with Gasteiger partial charge >= 0.3 is 0 Å². The van der Waals surface area contributed by atoms with Crippen molar-refractivity contribution < 1.29 is 23.7 Å². The van der Waals surface area contributed by atoms with Gasteiger partial charge in [-0.25, -0.2) is 4.98 Å². The number of aromatic nitrogens is 3. The number of pyridine rings is 1. The van der Waals surface area contributed by atoms with E-state index in [1.807, 2.05) is 6.07 Å². The lowest BCUT2D eigenvalue weighted by Crippen LogP contribution is -2.56. The summed E-state index contributed by atoms with van der Waals surface area (Å²) >= 11 is 0. The predicted octanol–water partition coefficient (Wildman–Crippen LogP) is 2.27. The highest BCUT2D eigenvalue weighted by molar-refractivity contribution is 5.94. The third-order valence-electron chi connectivity index (χ3n) is 5.06. The maximum absolute atomic E-state index is 12.8. The topological polar surface area (TPSA) is 123 Å². The summed E-state index contributed by atoms with van der Waals surface area (Å²) < 4.78 is 21.8. The minimum atomic E-state index is -0.177. The van der Waals surface area contributed by atoms with E-state index in [0.717, 1.165) is 0 Å². The largest absolute Gasteiger partial charge is 0.493 e. The molecular formula is C22H21N5O5. The molecule has 3 aromatic rings. The number of hydrogen-bond acceptors (Lipinski definition) is 8. The van der Waals surface area contributed by atoms with Crippen LogP contribution in [-0.4, -0.2) is 66.5 Å². The minimum absolute atomic E-state index is 0.156. The van der Waals surface area contributed by atoms with Crippen molar-refractivity contribution in [2.45, 2.75) is 6.10 Å². The number of methoxy groups -OCH3 is 3. The van der Waals surface area contributed by atoms with Crippen LogP contribution < -0.4 is 18.9 Å². The van der Waals surface area contributed by atoms with Gasteiger partial charge in [0.25, 0.3) is 5.91 Å². The van der Waals surface area contributed by atoms with Gasteiger partial charge in [-0.05, 0) is 24.3 Å². The fourth-order valence-electron chi connectivity index (χ4n) is 3.34. The molecule has 3 heterocycles. The number of aromatic amines is 1. The molecule has 1 fully saturated rings. The highest BCUT2D eigenvalue weighted by Crippen LogP contribution is 2.40. The van der Waals surface area contributed by atoms with Gasteiger partial charge in [0, 0.05) is 17.8 Å². The van der Waals surface area contributed by atoms with Gasteiger partial charge in [0.15, 0.2) is 11.5 Å². The Hall–Kier alpha value is -4.26. The Bertz CT molecular complexity index is 1140. The molecule has 0 aliphatic carbocycles. The second kappa shape index (κ2) is 8.85. The molecule has 0 unspecified atom stereocenters. The van der Waals surface area contributed by atoms with Gasteiger partial charge in [-0.3, -0.25) is 9.89 Å². The number of benzene rings is 1. The van der Waals surface area contributed by atoms with Gasteiger partial charge in [0.05, 0.1) is 45.7 Å². The zero-order chi connectivity index (χ0) is 22.7. The average Bonchev–Trinajstić information content (AvgIpc) is 3.30. The molecular weight excluding hydrogens is 414 g/mol. The van der Waals surface area contributed by atoms with Crippen molar-refractivity contribution in [3.8, 4) is 40.5 Å². The van der Waals surface area contributed by atoms with Crippen LogP contribution in [0.25, 0.3) is 11.3 Å². The second-order valence-electron chi connectivity index (χ2n) is 7.03. The van der Waals surface area contributed by atoms with Crippen molar-refractivity contribution in [3.05, 3.63) is 47.8 Å². The van der Waals surface area contributed by atoms with Crippen LogP contribution in [0, 0.1) is 11.3 Å². The molecule has 0 radical (unpaired) electrons. The summed E-state index contributed by atoms with van der Waals surface area (Å²) in [7, 11) is 4.61. The number of likely N-dealkylation sites (tertiary alicyclic amines) is 1. The van der Waals surface area contributed by atoms with Crippen molar-refractivity contribution in [1.82, 2.24) is 20.1 Å². The van der Waals surface area contributed by atoms with E-state index in [-0.39, 0.29) is 12.0 Å². The zero-order valence-corrected chi connectivity index (χ0v) is 17.8. The van der Waals surface area contributed by atoms with Gasteiger partial charge in [0.1, 0.15) is 17.9 Å². The lowest BCUT2D eigenvalue weighted by Gasteiger charge is -2.38. The van der Waals surface area contributed by atoms with E-state index < -0.39 is 0 Å². The number of nitrogens with zero attached hydrogens (tertiary/aromatic N) is 4. The highest BCUT2D eigenvalue weighted by Gasteiger charge is 2.34. The molecule has 0 atom stereocenters. The van der Waals surface area contributed by atoms with Gasteiger partial charge in [0.2, 0.25) is 11.6 Å². The molecule has 10 nitrogen and oxygen atoms in total. The molecule has 10 heteroatoms. The summed E-state index contributed by atoms with van der Waals surface area (Å²) in [4.78, 5) is 18.5. The fourth-order valence-corrected chi connectivity index (χ4v) is 3.34. The van der Waals surface area contributed by atoms with Crippen LogP contribution in [0.3, 0.4) is 0 Å². The number of hydrogen-bond donors (Lipinski definition) is 1. The lowest BCUT2D eigenvalue weighted by molar-refractivity contribution is 0.0156. The maximum atomic E-state index is 12.8. The standard InChI is InChI=1S/C22H21N5O5/c1-29-18-6-14(7-19(30-2)21(18)31-3)16-8-17(26-25-16)22(28)27-11-15(12-27)32-20-5-4-13(9-23)10-24-20/h4-8,10,15H,11-12H2,1-3H3,(H,25,26). The van der Waals surface area contributed by atoms with E-state index in [2.05, 4.69) is 15.2 Å². The van der Waals surface area contributed by atoms with Crippen LogP contribution in [-0.2, 0) is 0 Å².